The van der Waals surface area contributed by atoms with Gasteiger partial charge in [-0.2, -0.15) is 5.10 Å². The van der Waals surface area contributed by atoms with Crippen molar-refractivity contribution in [1.29, 1.82) is 0 Å². The van der Waals surface area contributed by atoms with Crippen LogP contribution in [-0.4, -0.2) is 52.7 Å². The number of rotatable bonds is 6. The van der Waals surface area contributed by atoms with Gasteiger partial charge in [-0.05, 0) is 51.5 Å². The lowest BCUT2D eigenvalue weighted by Crippen LogP contribution is -2.38. The first kappa shape index (κ1) is 19.6. The van der Waals surface area contributed by atoms with E-state index in [-0.39, 0.29) is 6.04 Å². The Labute approximate surface area is 161 Å². The quantitative estimate of drug-likeness (QED) is 0.593. The molecule has 0 atom stereocenters. The predicted molar refractivity (Wildman–Crippen MR) is 105 cm³/mol. The molecular formula is C20H31N5O2. The fraction of sp³-hybridized carbons (Fsp3) is 0.650. The molecule has 2 aliphatic rings. The van der Waals surface area contributed by atoms with Gasteiger partial charge in [0.05, 0.1) is 12.2 Å². The highest BCUT2D eigenvalue weighted by Gasteiger charge is 2.23. The van der Waals surface area contributed by atoms with Gasteiger partial charge >= 0.3 is 11.8 Å². The van der Waals surface area contributed by atoms with Crippen LogP contribution in [0.1, 0.15) is 57.9 Å². The van der Waals surface area contributed by atoms with E-state index < -0.39 is 11.8 Å². The van der Waals surface area contributed by atoms with Gasteiger partial charge in [0, 0.05) is 25.7 Å². The number of hydrogen-bond acceptors (Lipinski definition) is 4. The molecule has 0 saturated carbocycles. The smallest absolute Gasteiger partial charge is 0.314 e. The number of nitrogens with zero attached hydrogens (tertiary/aromatic N) is 3. The third-order valence-electron chi connectivity index (χ3n) is 5.59. The maximum Gasteiger partial charge on any atom is 0.314 e. The Bertz CT molecular complexity index is 674. The second kappa shape index (κ2) is 9.69. The van der Waals surface area contributed by atoms with Crippen LogP contribution >= 0.6 is 0 Å². The zero-order valence-electron chi connectivity index (χ0n) is 16.2. The summed E-state index contributed by atoms with van der Waals surface area (Å²) in [4.78, 5) is 26.8. The molecule has 1 saturated heterocycles. The van der Waals surface area contributed by atoms with Crippen LogP contribution in [-0.2, 0) is 9.59 Å². The number of allylic oxidation sites excluding steroid dienone is 1. The summed E-state index contributed by atoms with van der Waals surface area (Å²) in [6, 6.07) is 2.02. The maximum atomic E-state index is 12.2. The van der Waals surface area contributed by atoms with Crippen molar-refractivity contribution < 1.29 is 9.59 Å². The SMILES string of the molecule is CCN1CCC(n2nccc2NC(=O)C(=O)NCCC2=CCCCC2)CC1. The highest BCUT2D eigenvalue weighted by molar-refractivity contribution is 6.39. The number of anilines is 1. The number of nitrogens with one attached hydrogen (secondary N) is 2. The van der Waals surface area contributed by atoms with Crippen molar-refractivity contribution in [3.05, 3.63) is 23.9 Å². The summed E-state index contributed by atoms with van der Waals surface area (Å²) in [6.45, 7) is 5.80. The minimum atomic E-state index is -0.625. The minimum Gasteiger partial charge on any atom is -0.348 e. The molecular weight excluding hydrogens is 342 g/mol. The van der Waals surface area contributed by atoms with Crippen molar-refractivity contribution in [2.45, 2.75) is 57.9 Å². The van der Waals surface area contributed by atoms with Crippen LogP contribution in [0, 0.1) is 0 Å². The summed E-state index contributed by atoms with van der Waals surface area (Å²) in [5.74, 6) is -0.611. The van der Waals surface area contributed by atoms with E-state index in [1.54, 1.807) is 12.3 Å². The molecule has 0 aromatic carbocycles. The number of aromatic nitrogens is 2. The first-order chi connectivity index (χ1) is 13.2. The summed E-state index contributed by atoms with van der Waals surface area (Å²) >= 11 is 0. The number of carbonyl (C=O) groups excluding carboxylic acids is 2. The summed E-state index contributed by atoms with van der Waals surface area (Å²) in [7, 11) is 0. The molecule has 1 aromatic heterocycles. The van der Waals surface area contributed by atoms with Crippen molar-refractivity contribution in [2.75, 3.05) is 31.5 Å². The molecule has 0 unspecified atom stereocenters. The Balaban J connectivity index is 1.47. The molecule has 0 bridgehead atoms. The van der Waals surface area contributed by atoms with Crippen LogP contribution in [0.4, 0.5) is 5.82 Å². The summed E-state index contributed by atoms with van der Waals surface area (Å²) in [5, 5.41) is 9.82. The van der Waals surface area contributed by atoms with Crippen LogP contribution in [0.15, 0.2) is 23.9 Å². The predicted octanol–water partition coefficient (Wildman–Crippen LogP) is 2.49. The molecule has 7 nitrogen and oxygen atoms in total. The van der Waals surface area contributed by atoms with Crippen molar-refractivity contribution in [3.8, 4) is 0 Å². The van der Waals surface area contributed by atoms with E-state index in [9.17, 15) is 9.59 Å². The average Bonchev–Trinajstić information content (AvgIpc) is 3.16. The van der Waals surface area contributed by atoms with Crippen molar-refractivity contribution in [1.82, 2.24) is 20.0 Å². The van der Waals surface area contributed by atoms with Gasteiger partial charge in [-0.1, -0.05) is 18.6 Å². The third-order valence-corrected chi connectivity index (χ3v) is 5.59. The van der Waals surface area contributed by atoms with Crippen LogP contribution in [0.5, 0.6) is 0 Å². The van der Waals surface area contributed by atoms with E-state index in [1.165, 1.54) is 18.4 Å². The Hall–Kier alpha value is -2.15. The van der Waals surface area contributed by atoms with Gasteiger partial charge in [0.2, 0.25) is 0 Å². The lowest BCUT2D eigenvalue weighted by atomic mass is 9.97. The molecule has 7 heteroatoms. The molecule has 27 heavy (non-hydrogen) atoms. The van der Waals surface area contributed by atoms with Crippen molar-refractivity contribution in [2.24, 2.45) is 0 Å². The summed E-state index contributed by atoms with van der Waals surface area (Å²) in [6.07, 6.45) is 11.5. The zero-order chi connectivity index (χ0) is 19.1. The summed E-state index contributed by atoms with van der Waals surface area (Å²) in [5.41, 5.74) is 1.39. The second-order valence-electron chi connectivity index (χ2n) is 7.39. The van der Waals surface area contributed by atoms with E-state index in [2.05, 4.69) is 33.6 Å². The standard InChI is InChI=1S/C20H31N5O2/c1-2-24-14-10-17(11-15-24)25-18(9-13-22-25)23-20(27)19(26)21-12-8-16-6-4-3-5-7-16/h6,9,13,17H,2-5,7-8,10-12,14-15H2,1H3,(H,21,26)(H,23,27). The van der Waals surface area contributed by atoms with Crippen molar-refractivity contribution >= 4 is 17.6 Å². The van der Waals surface area contributed by atoms with Gasteiger partial charge in [-0.25, -0.2) is 4.68 Å². The van der Waals surface area contributed by atoms with Crippen molar-refractivity contribution in [3.63, 3.8) is 0 Å². The average molecular weight is 374 g/mol. The number of likely N-dealkylation sites (tertiary alicyclic amines) is 1. The van der Waals surface area contributed by atoms with E-state index in [4.69, 9.17) is 0 Å². The Morgan fingerprint density at radius 1 is 1.22 bits per heavy atom. The first-order valence-electron chi connectivity index (χ1n) is 10.2. The Morgan fingerprint density at radius 3 is 2.74 bits per heavy atom. The molecule has 1 aromatic rings. The fourth-order valence-electron chi connectivity index (χ4n) is 3.91. The molecule has 2 N–H and O–H groups in total. The molecule has 1 aliphatic carbocycles. The highest BCUT2D eigenvalue weighted by atomic mass is 16.2. The number of hydrogen-bond donors (Lipinski definition) is 2. The Morgan fingerprint density at radius 2 is 2.04 bits per heavy atom. The third kappa shape index (κ3) is 5.42. The largest absolute Gasteiger partial charge is 0.348 e. The molecule has 3 rings (SSSR count). The van der Waals surface area contributed by atoms with Crippen LogP contribution in [0.25, 0.3) is 0 Å². The van der Waals surface area contributed by atoms with Crippen LogP contribution < -0.4 is 10.6 Å². The van der Waals surface area contributed by atoms with Gasteiger partial charge in [0.25, 0.3) is 0 Å². The topological polar surface area (TPSA) is 79.3 Å². The molecule has 0 spiro atoms. The molecule has 148 valence electrons. The van der Waals surface area contributed by atoms with Crippen LogP contribution in [0.2, 0.25) is 0 Å². The van der Waals surface area contributed by atoms with E-state index in [0.717, 1.165) is 51.7 Å². The number of piperidine rings is 1. The first-order valence-corrected chi connectivity index (χ1v) is 10.2. The number of carbonyl (C=O) groups is 2. The van der Waals surface area contributed by atoms with Gasteiger partial charge in [0.1, 0.15) is 5.82 Å². The molecule has 1 aliphatic heterocycles. The van der Waals surface area contributed by atoms with Gasteiger partial charge in [-0.15, -0.1) is 0 Å². The van der Waals surface area contributed by atoms with Crippen LogP contribution in [0.3, 0.4) is 0 Å². The lowest BCUT2D eigenvalue weighted by Gasteiger charge is -2.31. The second-order valence-corrected chi connectivity index (χ2v) is 7.39. The normalized spacial score (nSPS) is 18.8. The number of amides is 2. The van der Waals surface area contributed by atoms with E-state index in [1.807, 2.05) is 4.68 Å². The monoisotopic (exact) mass is 373 g/mol. The van der Waals surface area contributed by atoms with Gasteiger partial charge in [-0.3, -0.25) is 9.59 Å². The Kier molecular flexibility index (Phi) is 7.04. The highest BCUT2D eigenvalue weighted by Crippen LogP contribution is 2.25. The lowest BCUT2D eigenvalue weighted by molar-refractivity contribution is -0.136. The maximum absolute atomic E-state index is 12.2. The van der Waals surface area contributed by atoms with E-state index >= 15 is 0 Å². The van der Waals surface area contributed by atoms with E-state index in [0.29, 0.717) is 12.4 Å². The molecule has 0 radical (unpaired) electrons. The molecule has 2 amide bonds. The van der Waals surface area contributed by atoms with Gasteiger partial charge in [0.15, 0.2) is 0 Å². The minimum absolute atomic E-state index is 0.263. The molecule has 2 heterocycles. The van der Waals surface area contributed by atoms with Gasteiger partial charge < -0.3 is 15.5 Å². The zero-order valence-corrected chi connectivity index (χ0v) is 16.2. The molecule has 1 fully saturated rings. The summed E-state index contributed by atoms with van der Waals surface area (Å²) < 4.78 is 1.85. The fourth-order valence-corrected chi connectivity index (χ4v) is 3.91.